The first-order valence-corrected chi connectivity index (χ1v) is 12.4. The van der Waals surface area contributed by atoms with Crippen molar-refractivity contribution in [2.45, 2.75) is 38.5 Å². The van der Waals surface area contributed by atoms with Crippen LogP contribution >= 0.6 is 0 Å². The van der Waals surface area contributed by atoms with Gasteiger partial charge < -0.3 is 19.5 Å². The van der Waals surface area contributed by atoms with Crippen molar-refractivity contribution < 1.29 is 19.0 Å². The number of nitrogens with one attached hydrogen (secondary N) is 1. The molecule has 0 aliphatic carbocycles. The van der Waals surface area contributed by atoms with E-state index in [4.69, 9.17) is 14.2 Å². The second-order valence-corrected chi connectivity index (χ2v) is 9.18. The van der Waals surface area contributed by atoms with E-state index in [0.29, 0.717) is 37.2 Å². The summed E-state index contributed by atoms with van der Waals surface area (Å²) in [6.07, 6.45) is 1.88. The molecule has 1 unspecified atom stereocenters. The van der Waals surface area contributed by atoms with Gasteiger partial charge in [-0.1, -0.05) is 30.3 Å². The van der Waals surface area contributed by atoms with Crippen LogP contribution in [-0.4, -0.2) is 57.4 Å². The lowest BCUT2D eigenvalue weighted by molar-refractivity contribution is 0.0617. The van der Waals surface area contributed by atoms with Gasteiger partial charge in [-0.05, 0) is 72.0 Å². The highest BCUT2D eigenvalue weighted by atomic mass is 16.5. The Kier molecular flexibility index (Phi) is 8.74. The van der Waals surface area contributed by atoms with Crippen molar-refractivity contribution in [3.63, 3.8) is 0 Å². The number of benzene rings is 3. The third-order valence-electron chi connectivity index (χ3n) is 6.86. The molecule has 1 heterocycles. The minimum atomic E-state index is -0.0352. The Morgan fingerprint density at radius 1 is 1.00 bits per heavy atom. The quantitative estimate of drug-likeness (QED) is 0.419. The molecule has 4 rings (SSSR count). The molecule has 6 nitrogen and oxygen atoms in total. The molecule has 35 heavy (non-hydrogen) atoms. The van der Waals surface area contributed by atoms with Gasteiger partial charge in [0.1, 0.15) is 5.75 Å². The number of fused-ring (bicyclic) bond motifs is 1. The van der Waals surface area contributed by atoms with Gasteiger partial charge in [0, 0.05) is 37.8 Å². The van der Waals surface area contributed by atoms with Crippen molar-refractivity contribution in [2.75, 3.05) is 40.5 Å². The Morgan fingerprint density at radius 3 is 2.57 bits per heavy atom. The van der Waals surface area contributed by atoms with Crippen LogP contribution in [0.25, 0.3) is 10.8 Å². The minimum Gasteiger partial charge on any atom is -0.497 e. The van der Waals surface area contributed by atoms with E-state index in [9.17, 15) is 4.79 Å². The summed E-state index contributed by atoms with van der Waals surface area (Å²) in [6.45, 7) is 5.98. The largest absolute Gasteiger partial charge is 0.497 e. The first-order valence-electron chi connectivity index (χ1n) is 12.4. The van der Waals surface area contributed by atoms with E-state index in [0.717, 1.165) is 25.9 Å². The van der Waals surface area contributed by atoms with Gasteiger partial charge in [0.05, 0.1) is 26.9 Å². The molecule has 3 aromatic rings. The van der Waals surface area contributed by atoms with Crippen LogP contribution in [0.5, 0.6) is 5.75 Å². The van der Waals surface area contributed by atoms with E-state index >= 15 is 0 Å². The molecule has 0 radical (unpaired) electrons. The van der Waals surface area contributed by atoms with Crippen molar-refractivity contribution >= 4 is 16.7 Å². The maximum absolute atomic E-state index is 12.7. The Hall–Kier alpha value is -2.93. The molecule has 1 aliphatic heterocycles. The van der Waals surface area contributed by atoms with Crippen LogP contribution in [0.4, 0.5) is 0 Å². The number of amides is 1. The fourth-order valence-electron chi connectivity index (χ4n) is 4.67. The van der Waals surface area contributed by atoms with Crippen molar-refractivity contribution in [2.24, 2.45) is 0 Å². The van der Waals surface area contributed by atoms with Crippen LogP contribution in [0.2, 0.25) is 0 Å². The molecule has 0 aromatic heterocycles. The maximum Gasteiger partial charge on any atom is 0.251 e. The smallest absolute Gasteiger partial charge is 0.251 e. The molecule has 1 N–H and O–H groups in total. The molecule has 0 bridgehead atoms. The van der Waals surface area contributed by atoms with Gasteiger partial charge in [0.15, 0.2) is 0 Å². The fourth-order valence-corrected chi connectivity index (χ4v) is 4.67. The summed E-state index contributed by atoms with van der Waals surface area (Å²) >= 11 is 0. The normalized spacial score (nSPS) is 15.7. The second kappa shape index (κ2) is 12.2. The van der Waals surface area contributed by atoms with Crippen LogP contribution < -0.4 is 10.1 Å². The van der Waals surface area contributed by atoms with Gasteiger partial charge in [-0.3, -0.25) is 9.69 Å². The number of likely N-dealkylation sites (tertiary alicyclic amines) is 1. The van der Waals surface area contributed by atoms with E-state index < -0.39 is 0 Å². The third kappa shape index (κ3) is 6.60. The predicted molar refractivity (Wildman–Crippen MR) is 139 cm³/mol. The molecule has 0 spiro atoms. The Bertz CT molecular complexity index is 1120. The van der Waals surface area contributed by atoms with Crippen molar-refractivity contribution in [1.29, 1.82) is 0 Å². The van der Waals surface area contributed by atoms with E-state index in [2.05, 4.69) is 53.5 Å². The number of carbonyl (C=O) groups is 1. The monoisotopic (exact) mass is 476 g/mol. The molecular formula is C29H36N2O4. The molecule has 1 fully saturated rings. The highest BCUT2D eigenvalue weighted by Crippen LogP contribution is 2.28. The van der Waals surface area contributed by atoms with E-state index in [1.165, 1.54) is 21.9 Å². The van der Waals surface area contributed by atoms with Crippen LogP contribution in [0.1, 0.15) is 47.3 Å². The first-order chi connectivity index (χ1) is 17.1. The van der Waals surface area contributed by atoms with Gasteiger partial charge in [-0.15, -0.1) is 0 Å². The van der Waals surface area contributed by atoms with Crippen LogP contribution in [0, 0.1) is 0 Å². The molecule has 1 atom stereocenters. The summed E-state index contributed by atoms with van der Waals surface area (Å²) in [4.78, 5) is 15.2. The third-order valence-corrected chi connectivity index (χ3v) is 6.86. The summed E-state index contributed by atoms with van der Waals surface area (Å²) < 4.78 is 16.0. The summed E-state index contributed by atoms with van der Waals surface area (Å²) in [7, 11) is 3.30. The van der Waals surface area contributed by atoms with Crippen molar-refractivity contribution in [3.05, 3.63) is 77.4 Å². The standard InChI is InChI=1S/C29H36N2O4/c1-21(24-10-9-23-8-7-22(17-26(23)18-24)20-35-16-15-33-2)31-13-11-27(12-14-31)30-29(32)25-5-4-6-28(19-25)34-3/h4-10,17-19,21,27H,11-16,20H2,1-3H3,(H,30,32). The van der Waals surface area contributed by atoms with Gasteiger partial charge in [-0.25, -0.2) is 0 Å². The van der Waals surface area contributed by atoms with Crippen LogP contribution in [-0.2, 0) is 16.1 Å². The number of hydrogen-bond donors (Lipinski definition) is 1. The van der Waals surface area contributed by atoms with E-state index in [1.807, 2.05) is 18.2 Å². The Morgan fingerprint density at radius 2 is 1.80 bits per heavy atom. The maximum atomic E-state index is 12.7. The highest BCUT2D eigenvalue weighted by Gasteiger charge is 2.25. The average Bonchev–Trinajstić information content (AvgIpc) is 2.90. The molecule has 1 aliphatic rings. The summed E-state index contributed by atoms with van der Waals surface area (Å²) in [5.74, 6) is 0.661. The lowest BCUT2D eigenvalue weighted by Crippen LogP contribution is -2.45. The minimum absolute atomic E-state index is 0.0352. The highest BCUT2D eigenvalue weighted by molar-refractivity contribution is 5.94. The zero-order valence-electron chi connectivity index (χ0n) is 21.0. The first kappa shape index (κ1) is 25.2. The van der Waals surface area contributed by atoms with Crippen LogP contribution in [0.15, 0.2) is 60.7 Å². The van der Waals surface area contributed by atoms with Crippen molar-refractivity contribution in [1.82, 2.24) is 10.2 Å². The molecule has 6 heteroatoms. The van der Waals surface area contributed by atoms with Gasteiger partial charge in [0.25, 0.3) is 5.91 Å². The van der Waals surface area contributed by atoms with Crippen molar-refractivity contribution in [3.8, 4) is 5.75 Å². The Balaban J connectivity index is 1.33. The molecule has 0 saturated carbocycles. The molecule has 3 aromatic carbocycles. The number of rotatable bonds is 10. The predicted octanol–water partition coefficient (Wildman–Crippen LogP) is 4.97. The Labute approximate surface area is 208 Å². The molecule has 1 amide bonds. The number of carbonyl (C=O) groups excluding carboxylic acids is 1. The summed E-state index contributed by atoms with van der Waals surface area (Å²) in [5, 5.41) is 5.68. The molecule has 1 saturated heterocycles. The zero-order chi connectivity index (χ0) is 24.6. The number of methoxy groups -OCH3 is 2. The summed E-state index contributed by atoms with van der Waals surface area (Å²) in [6, 6.07) is 21.1. The number of nitrogens with zero attached hydrogens (tertiary/aromatic N) is 1. The van der Waals surface area contributed by atoms with Gasteiger partial charge >= 0.3 is 0 Å². The van der Waals surface area contributed by atoms with Gasteiger partial charge in [0.2, 0.25) is 0 Å². The lowest BCUT2D eigenvalue weighted by atomic mass is 9.97. The zero-order valence-corrected chi connectivity index (χ0v) is 21.0. The average molecular weight is 477 g/mol. The molecular weight excluding hydrogens is 440 g/mol. The SMILES string of the molecule is COCCOCc1ccc2ccc(C(C)N3CCC(NC(=O)c4cccc(OC)c4)CC3)cc2c1. The second-order valence-electron chi connectivity index (χ2n) is 9.18. The topological polar surface area (TPSA) is 60.0 Å². The summed E-state index contributed by atoms with van der Waals surface area (Å²) in [5.41, 5.74) is 3.12. The lowest BCUT2D eigenvalue weighted by Gasteiger charge is -2.36. The fraction of sp³-hybridized carbons (Fsp3) is 0.414. The number of ether oxygens (including phenoxy) is 3. The van der Waals surface area contributed by atoms with E-state index in [1.54, 1.807) is 20.3 Å². The molecule has 186 valence electrons. The number of hydrogen-bond acceptors (Lipinski definition) is 5. The number of piperidine rings is 1. The van der Waals surface area contributed by atoms with Crippen LogP contribution in [0.3, 0.4) is 0 Å². The van der Waals surface area contributed by atoms with E-state index in [-0.39, 0.29) is 11.9 Å². The van der Waals surface area contributed by atoms with Gasteiger partial charge in [-0.2, -0.15) is 0 Å².